The molecule has 0 aliphatic carbocycles. The summed E-state index contributed by atoms with van der Waals surface area (Å²) in [6.07, 6.45) is 5.02. The molecule has 2 aliphatic heterocycles. The van der Waals surface area contributed by atoms with Gasteiger partial charge in [-0.2, -0.15) is 15.1 Å². The number of unbranched alkanes of at least 4 members (excludes halogenated alkanes) is 1. The van der Waals surface area contributed by atoms with E-state index >= 15 is 0 Å². The van der Waals surface area contributed by atoms with Gasteiger partial charge in [0.1, 0.15) is 11.3 Å². The van der Waals surface area contributed by atoms with Crippen LogP contribution in [0.5, 0.6) is 11.8 Å². The number of aromatic amines is 1. The first-order chi connectivity index (χ1) is 20.4. The van der Waals surface area contributed by atoms with Crippen LogP contribution in [-0.4, -0.2) is 99.0 Å². The summed E-state index contributed by atoms with van der Waals surface area (Å²) in [6, 6.07) is 6.40. The Balaban J connectivity index is 1.17. The molecule has 2 aromatic heterocycles. The van der Waals surface area contributed by atoms with Crippen molar-refractivity contribution in [1.82, 2.24) is 34.9 Å². The van der Waals surface area contributed by atoms with Gasteiger partial charge in [0.25, 0.3) is 11.8 Å². The Morgan fingerprint density at radius 1 is 1.07 bits per heavy atom. The van der Waals surface area contributed by atoms with Crippen molar-refractivity contribution in [1.29, 1.82) is 0 Å². The third-order valence-corrected chi connectivity index (χ3v) is 7.51. The summed E-state index contributed by atoms with van der Waals surface area (Å²) in [6.45, 7) is 6.08. The fraction of sp³-hybridized carbons (Fsp3) is 0.448. The molecule has 13 nitrogen and oxygen atoms in total. The van der Waals surface area contributed by atoms with Gasteiger partial charge in [0.2, 0.25) is 5.91 Å². The molecule has 1 fully saturated rings. The number of imide groups is 1. The zero-order valence-corrected chi connectivity index (χ0v) is 24.0. The number of H-pyrrole nitrogens is 1. The number of hydrogen-bond donors (Lipinski definition) is 2. The molecule has 42 heavy (non-hydrogen) atoms. The Morgan fingerprint density at radius 3 is 2.55 bits per heavy atom. The largest absolute Gasteiger partial charge is 0.496 e. The standard InChI is InChI=1S/C29H36N8O5/c1-3-4-15-42-29-31-26-21(33-34-27(26)28(30)32-29)17-20-6-5-19(16-22(20)41-2)18-35-11-13-36(14-12-35)23(38)9-10-37-24(39)7-8-25(37)40/h5-8,16H,3-4,9-15,17-18H2,1-2H3,(H,33,34)(H2,30,31,32). The quantitative estimate of drug-likeness (QED) is 0.240. The minimum Gasteiger partial charge on any atom is -0.496 e. The number of benzene rings is 1. The van der Waals surface area contributed by atoms with Gasteiger partial charge in [-0.15, -0.1) is 0 Å². The number of aromatic nitrogens is 4. The van der Waals surface area contributed by atoms with E-state index in [0.29, 0.717) is 37.2 Å². The molecule has 0 atom stereocenters. The number of carbonyl (C=O) groups is 3. The van der Waals surface area contributed by atoms with Crippen molar-refractivity contribution in [2.24, 2.45) is 0 Å². The van der Waals surface area contributed by atoms with Gasteiger partial charge in [-0.1, -0.05) is 25.5 Å². The Hall–Kier alpha value is -4.52. The van der Waals surface area contributed by atoms with Gasteiger partial charge >= 0.3 is 6.01 Å². The first kappa shape index (κ1) is 29.0. The zero-order valence-electron chi connectivity index (χ0n) is 24.0. The highest BCUT2D eigenvalue weighted by atomic mass is 16.5. The number of fused-ring (bicyclic) bond motifs is 1. The van der Waals surface area contributed by atoms with Gasteiger partial charge in [0.15, 0.2) is 11.3 Å². The Morgan fingerprint density at radius 2 is 1.83 bits per heavy atom. The SMILES string of the molecule is CCCCOc1nc(N)c2n[nH]c(Cc3ccc(CN4CCN(C(=O)CCN5C(=O)C=CC5=O)CC4)cc3OC)c2n1. The van der Waals surface area contributed by atoms with E-state index in [-0.39, 0.29) is 42.5 Å². The topological polar surface area (TPSA) is 160 Å². The minimum atomic E-state index is -0.364. The molecule has 3 aromatic rings. The number of amides is 3. The van der Waals surface area contributed by atoms with Gasteiger partial charge in [-0.25, -0.2) is 0 Å². The fourth-order valence-electron chi connectivity index (χ4n) is 5.10. The highest BCUT2D eigenvalue weighted by Crippen LogP contribution is 2.28. The summed E-state index contributed by atoms with van der Waals surface area (Å²) in [4.78, 5) is 50.0. The molecule has 222 valence electrons. The number of nitrogens with two attached hydrogens (primary N) is 1. The second-order valence-electron chi connectivity index (χ2n) is 10.4. The van der Waals surface area contributed by atoms with Gasteiger partial charge < -0.3 is 20.1 Å². The maximum absolute atomic E-state index is 12.7. The molecule has 0 saturated carbocycles. The number of rotatable bonds is 12. The lowest BCUT2D eigenvalue weighted by molar-refractivity contribution is -0.138. The van der Waals surface area contributed by atoms with Crippen LogP contribution in [0.4, 0.5) is 5.82 Å². The van der Waals surface area contributed by atoms with E-state index in [1.165, 1.54) is 12.2 Å². The number of nitrogens with zero attached hydrogens (tertiary/aromatic N) is 6. The fourth-order valence-corrected chi connectivity index (χ4v) is 5.10. The number of hydrogen-bond acceptors (Lipinski definition) is 10. The Labute approximate surface area is 243 Å². The minimum absolute atomic E-state index is 0.0498. The monoisotopic (exact) mass is 576 g/mol. The van der Waals surface area contributed by atoms with Crippen molar-refractivity contribution in [3.63, 3.8) is 0 Å². The molecule has 1 saturated heterocycles. The van der Waals surface area contributed by atoms with E-state index < -0.39 is 0 Å². The number of ether oxygens (including phenoxy) is 2. The highest BCUT2D eigenvalue weighted by Gasteiger charge is 2.26. The molecule has 0 bridgehead atoms. The van der Waals surface area contributed by atoms with Crippen molar-refractivity contribution in [2.75, 3.05) is 52.2 Å². The zero-order chi connectivity index (χ0) is 29.6. The van der Waals surface area contributed by atoms with Crippen LogP contribution >= 0.6 is 0 Å². The van der Waals surface area contributed by atoms with Crippen molar-refractivity contribution in [3.05, 3.63) is 47.2 Å². The van der Waals surface area contributed by atoms with E-state index in [4.69, 9.17) is 15.2 Å². The second kappa shape index (κ2) is 13.0. The van der Waals surface area contributed by atoms with Crippen molar-refractivity contribution < 1.29 is 23.9 Å². The number of nitrogen functional groups attached to an aromatic ring is 1. The lowest BCUT2D eigenvalue weighted by atomic mass is 10.0. The van der Waals surface area contributed by atoms with Crippen LogP contribution in [0, 0.1) is 0 Å². The van der Waals surface area contributed by atoms with Crippen LogP contribution in [-0.2, 0) is 27.3 Å². The molecular weight excluding hydrogens is 540 g/mol. The summed E-state index contributed by atoms with van der Waals surface area (Å²) < 4.78 is 11.4. The van der Waals surface area contributed by atoms with Gasteiger partial charge in [-0.05, 0) is 18.1 Å². The predicted octanol–water partition coefficient (Wildman–Crippen LogP) is 1.67. The van der Waals surface area contributed by atoms with Crippen molar-refractivity contribution in [3.8, 4) is 11.8 Å². The average Bonchev–Trinajstić information content (AvgIpc) is 3.54. The summed E-state index contributed by atoms with van der Waals surface area (Å²) in [5.41, 5.74) is 10.1. The van der Waals surface area contributed by atoms with E-state index in [1.54, 1.807) is 12.0 Å². The molecule has 3 N–H and O–H groups in total. The number of piperazine rings is 1. The van der Waals surface area contributed by atoms with Crippen molar-refractivity contribution in [2.45, 2.75) is 39.2 Å². The smallest absolute Gasteiger partial charge is 0.319 e. The molecule has 0 spiro atoms. The van der Waals surface area contributed by atoms with Crippen LogP contribution in [0.1, 0.15) is 43.0 Å². The van der Waals surface area contributed by atoms with Gasteiger partial charge in [-0.3, -0.25) is 29.3 Å². The van der Waals surface area contributed by atoms with Crippen LogP contribution in [0.2, 0.25) is 0 Å². The lowest BCUT2D eigenvalue weighted by Crippen LogP contribution is -2.49. The lowest BCUT2D eigenvalue weighted by Gasteiger charge is -2.35. The first-order valence-corrected chi connectivity index (χ1v) is 14.2. The normalized spacial score (nSPS) is 15.7. The highest BCUT2D eigenvalue weighted by molar-refractivity contribution is 6.13. The van der Waals surface area contributed by atoms with E-state index in [9.17, 15) is 14.4 Å². The number of carbonyl (C=O) groups excluding carboxylic acids is 3. The number of methoxy groups -OCH3 is 1. The summed E-state index contributed by atoms with van der Waals surface area (Å²) in [5, 5.41) is 7.37. The van der Waals surface area contributed by atoms with Crippen molar-refractivity contribution >= 4 is 34.6 Å². The molecule has 0 unspecified atom stereocenters. The van der Waals surface area contributed by atoms with Crippen LogP contribution in [0.25, 0.3) is 11.0 Å². The third-order valence-electron chi connectivity index (χ3n) is 7.51. The summed E-state index contributed by atoms with van der Waals surface area (Å²) in [5.74, 6) is 0.249. The predicted molar refractivity (Wildman–Crippen MR) is 155 cm³/mol. The Bertz CT molecular complexity index is 1480. The third kappa shape index (κ3) is 6.51. The number of nitrogens with one attached hydrogen (secondary N) is 1. The summed E-state index contributed by atoms with van der Waals surface area (Å²) in [7, 11) is 1.65. The van der Waals surface area contributed by atoms with Crippen LogP contribution < -0.4 is 15.2 Å². The molecule has 5 rings (SSSR count). The molecular formula is C29H36N8O5. The van der Waals surface area contributed by atoms with Crippen LogP contribution in [0.15, 0.2) is 30.4 Å². The first-order valence-electron chi connectivity index (χ1n) is 14.2. The maximum atomic E-state index is 12.7. The maximum Gasteiger partial charge on any atom is 0.319 e. The van der Waals surface area contributed by atoms with Gasteiger partial charge in [0.05, 0.1) is 19.4 Å². The average molecular weight is 577 g/mol. The Kier molecular flexibility index (Phi) is 8.96. The molecule has 0 radical (unpaired) electrons. The van der Waals surface area contributed by atoms with E-state index in [2.05, 4.69) is 38.1 Å². The molecule has 1 aromatic carbocycles. The van der Waals surface area contributed by atoms with E-state index in [0.717, 1.165) is 59.9 Å². The number of anilines is 1. The molecule has 2 aliphatic rings. The van der Waals surface area contributed by atoms with E-state index in [1.807, 2.05) is 12.1 Å². The second-order valence-corrected chi connectivity index (χ2v) is 10.4. The molecule has 3 amide bonds. The summed E-state index contributed by atoms with van der Waals surface area (Å²) >= 11 is 0. The van der Waals surface area contributed by atoms with Gasteiger partial charge in [0, 0.05) is 69.8 Å². The molecule has 4 heterocycles. The molecule has 13 heteroatoms. The van der Waals surface area contributed by atoms with Crippen LogP contribution in [0.3, 0.4) is 0 Å².